The Morgan fingerprint density at radius 2 is 2.00 bits per heavy atom. The van der Waals surface area contributed by atoms with Crippen LogP contribution in [0.1, 0.15) is 37.0 Å². The largest absolute Gasteiger partial charge is 0.471 e. The first-order valence-electron chi connectivity index (χ1n) is 10.8. The molecule has 7 nitrogen and oxygen atoms in total. The Kier molecular flexibility index (Phi) is 6.31. The predicted octanol–water partition coefficient (Wildman–Crippen LogP) is 3.25. The predicted molar refractivity (Wildman–Crippen MR) is 118 cm³/mol. The molecule has 176 valence electrons. The van der Waals surface area contributed by atoms with Gasteiger partial charge in [-0.1, -0.05) is 30.3 Å². The highest BCUT2D eigenvalue weighted by atomic mass is 19.4. The van der Waals surface area contributed by atoms with Crippen molar-refractivity contribution in [1.82, 2.24) is 14.9 Å². The molecule has 3 unspecified atom stereocenters. The van der Waals surface area contributed by atoms with E-state index in [4.69, 9.17) is 0 Å². The minimum absolute atomic E-state index is 0.0778. The highest BCUT2D eigenvalue weighted by molar-refractivity contribution is 5.95. The van der Waals surface area contributed by atoms with Crippen LogP contribution in [0.5, 0.6) is 0 Å². The summed E-state index contributed by atoms with van der Waals surface area (Å²) >= 11 is 0. The van der Waals surface area contributed by atoms with Crippen molar-refractivity contribution in [2.24, 2.45) is 0 Å². The zero-order valence-corrected chi connectivity index (χ0v) is 17.9. The zero-order valence-electron chi connectivity index (χ0n) is 17.9. The van der Waals surface area contributed by atoms with Gasteiger partial charge in [0.1, 0.15) is 0 Å². The first-order valence-corrected chi connectivity index (χ1v) is 10.8. The van der Waals surface area contributed by atoms with Crippen LogP contribution in [0.3, 0.4) is 0 Å². The maximum atomic E-state index is 12.6. The van der Waals surface area contributed by atoms with Crippen LogP contribution < -0.4 is 16.3 Å². The van der Waals surface area contributed by atoms with Gasteiger partial charge in [0.25, 0.3) is 0 Å². The van der Waals surface area contributed by atoms with E-state index in [0.717, 1.165) is 0 Å². The summed E-state index contributed by atoms with van der Waals surface area (Å²) in [4.78, 5) is 26.4. The van der Waals surface area contributed by atoms with Gasteiger partial charge >= 0.3 is 17.8 Å². The fraction of sp³-hybridized carbons (Fsp3) is 0.391. The summed E-state index contributed by atoms with van der Waals surface area (Å²) in [5.41, 5.74) is 2.58. The van der Waals surface area contributed by atoms with Gasteiger partial charge in [-0.15, -0.1) is 0 Å². The number of aliphatic hydroxyl groups is 1. The number of aliphatic hydroxyl groups excluding tert-OH is 1. The lowest BCUT2D eigenvalue weighted by atomic mass is 9.98. The Labute approximate surface area is 187 Å². The van der Waals surface area contributed by atoms with Crippen molar-refractivity contribution in [2.45, 2.75) is 57.1 Å². The number of amides is 1. The van der Waals surface area contributed by atoms with Gasteiger partial charge in [0.05, 0.1) is 17.1 Å². The van der Waals surface area contributed by atoms with Gasteiger partial charge in [-0.25, -0.2) is 4.79 Å². The number of carbonyl (C=O) groups is 1. The Hall–Kier alpha value is -3.11. The van der Waals surface area contributed by atoms with Crippen LogP contribution in [0.4, 0.5) is 18.9 Å². The van der Waals surface area contributed by atoms with Crippen LogP contribution in [-0.4, -0.2) is 38.8 Å². The van der Waals surface area contributed by atoms with Crippen molar-refractivity contribution in [1.29, 1.82) is 0 Å². The van der Waals surface area contributed by atoms with Gasteiger partial charge in [0, 0.05) is 29.9 Å². The molecule has 1 aromatic heterocycles. The molecule has 4 N–H and O–H groups in total. The number of H-pyrrole nitrogens is 1. The molecule has 3 atom stereocenters. The number of para-hydroxylation sites is 2. The lowest BCUT2D eigenvalue weighted by Gasteiger charge is -2.27. The molecule has 0 aliphatic carbocycles. The summed E-state index contributed by atoms with van der Waals surface area (Å²) < 4.78 is 39.5. The van der Waals surface area contributed by atoms with Gasteiger partial charge in [0.2, 0.25) is 0 Å². The van der Waals surface area contributed by atoms with Crippen LogP contribution in [0.25, 0.3) is 11.0 Å². The van der Waals surface area contributed by atoms with Gasteiger partial charge in [-0.3, -0.25) is 9.36 Å². The van der Waals surface area contributed by atoms with E-state index in [1.54, 1.807) is 41.0 Å². The zero-order chi connectivity index (χ0) is 23.8. The molecule has 4 rings (SSSR count). The second-order valence-corrected chi connectivity index (χ2v) is 8.38. The second kappa shape index (κ2) is 9.03. The van der Waals surface area contributed by atoms with E-state index >= 15 is 0 Å². The van der Waals surface area contributed by atoms with E-state index < -0.39 is 18.2 Å². The van der Waals surface area contributed by atoms with Crippen molar-refractivity contribution >= 4 is 22.6 Å². The van der Waals surface area contributed by atoms with Gasteiger partial charge in [0.15, 0.2) is 0 Å². The lowest BCUT2D eigenvalue weighted by molar-refractivity contribution is -0.167. The smallest absolute Gasteiger partial charge is 0.387 e. The van der Waals surface area contributed by atoms with Crippen molar-refractivity contribution in [3.8, 4) is 0 Å². The Balaban J connectivity index is 1.43. The molecule has 0 fully saturated rings. The summed E-state index contributed by atoms with van der Waals surface area (Å²) in [5, 5.41) is 16.4. The van der Waals surface area contributed by atoms with E-state index in [2.05, 4.69) is 10.3 Å². The summed E-state index contributed by atoms with van der Waals surface area (Å²) in [5.74, 6) is -2.00. The maximum absolute atomic E-state index is 12.6. The summed E-state index contributed by atoms with van der Waals surface area (Å²) in [6.07, 6.45) is -4.25. The average molecular weight is 462 g/mol. The number of benzene rings is 2. The molecular weight excluding hydrogens is 437 g/mol. The van der Waals surface area contributed by atoms with Crippen molar-refractivity contribution in [3.05, 3.63) is 64.1 Å². The topological polar surface area (TPSA) is 99.2 Å². The van der Waals surface area contributed by atoms with Gasteiger partial charge in [-0.05, 0) is 43.9 Å². The molecule has 0 saturated heterocycles. The molecule has 2 heterocycles. The van der Waals surface area contributed by atoms with Crippen LogP contribution >= 0.6 is 0 Å². The third-order valence-electron chi connectivity index (χ3n) is 6.06. The number of nitrogens with one attached hydrogen (secondary N) is 3. The molecule has 1 aliphatic heterocycles. The molecule has 2 aromatic carbocycles. The van der Waals surface area contributed by atoms with Crippen molar-refractivity contribution in [2.75, 3.05) is 5.32 Å². The summed E-state index contributed by atoms with van der Waals surface area (Å²) in [6, 6.07) is 11.4. The molecule has 33 heavy (non-hydrogen) atoms. The number of nitrogens with zero attached hydrogens (tertiary/aromatic N) is 1. The summed E-state index contributed by atoms with van der Waals surface area (Å²) in [6.45, 7) is 2.38. The highest BCUT2D eigenvalue weighted by Gasteiger charge is 2.39. The molecule has 10 heteroatoms. The SMILES string of the molecule is CC(CCc1ccccc1NC(=O)C(F)(F)F)NC1CCn2c(=O)[nH]c3cccc(c32)C1O. The van der Waals surface area contributed by atoms with Crippen molar-refractivity contribution < 1.29 is 23.1 Å². The molecule has 0 spiro atoms. The number of aromatic nitrogens is 2. The number of anilines is 1. The number of rotatable bonds is 6. The minimum Gasteiger partial charge on any atom is -0.387 e. The van der Waals surface area contributed by atoms with E-state index in [9.17, 15) is 27.9 Å². The number of halogens is 3. The standard InChI is InChI=1S/C23H25F3N4O3/c1-13(9-10-14-5-2-3-7-16(14)28-21(32)23(24,25)26)27-18-11-12-30-19-15(20(18)31)6-4-8-17(19)29-22(30)33/h2-8,13,18,20,27,31H,9-12H2,1H3,(H,28,32)(H,29,33). The monoisotopic (exact) mass is 462 g/mol. The Morgan fingerprint density at radius 1 is 1.24 bits per heavy atom. The number of hydrogen-bond donors (Lipinski definition) is 4. The maximum Gasteiger partial charge on any atom is 0.471 e. The number of aromatic amines is 1. The van der Waals surface area contributed by atoms with Gasteiger partial charge in [-0.2, -0.15) is 13.2 Å². The molecule has 0 radical (unpaired) electrons. The fourth-order valence-corrected chi connectivity index (χ4v) is 4.39. The van der Waals surface area contributed by atoms with Crippen molar-refractivity contribution in [3.63, 3.8) is 0 Å². The van der Waals surface area contributed by atoms with Crippen LogP contribution in [-0.2, 0) is 17.8 Å². The molecule has 0 bridgehead atoms. The van der Waals surface area contributed by atoms with E-state index in [1.807, 2.05) is 12.2 Å². The third-order valence-corrected chi connectivity index (χ3v) is 6.06. The van der Waals surface area contributed by atoms with Crippen LogP contribution in [0.2, 0.25) is 0 Å². The Bertz CT molecular complexity index is 1220. The summed E-state index contributed by atoms with van der Waals surface area (Å²) in [7, 11) is 0. The minimum atomic E-state index is -4.96. The molecule has 1 amide bonds. The van der Waals surface area contributed by atoms with E-state index in [0.29, 0.717) is 48.0 Å². The molecule has 1 aliphatic rings. The Morgan fingerprint density at radius 3 is 2.76 bits per heavy atom. The van der Waals surface area contributed by atoms with E-state index in [1.165, 1.54) is 6.07 Å². The molecular formula is C23H25F3N4O3. The number of alkyl halides is 3. The average Bonchev–Trinajstić information content (AvgIpc) is 3.02. The van der Waals surface area contributed by atoms with Gasteiger partial charge < -0.3 is 20.7 Å². The molecule has 3 aromatic rings. The first kappa shape index (κ1) is 23.1. The normalized spacial score (nSPS) is 19.3. The number of imidazole rings is 1. The first-order chi connectivity index (χ1) is 15.6. The van der Waals surface area contributed by atoms with Crippen LogP contribution in [0.15, 0.2) is 47.3 Å². The number of aryl methyl sites for hydroxylation is 2. The quantitative estimate of drug-likeness (QED) is 0.452. The third kappa shape index (κ3) is 4.81. The van der Waals surface area contributed by atoms with E-state index in [-0.39, 0.29) is 23.5 Å². The number of carbonyl (C=O) groups excluding carboxylic acids is 1. The van der Waals surface area contributed by atoms with Crippen LogP contribution in [0, 0.1) is 0 Å². The lowest BCUT2D eigenvalue weighted by Crippen LogP contribution is -2.41. The molecule has 0 saturated carbocycles. The fourth-order valence-electron chi connectivity index (χ4n) is 4.39. The number of hydrogen-bond acceptors (Lipinski definition) is 4. The second-order valence-electron chi connectivity index (χ2n) is 8.38. The highest BCUT2D eigenvalue weighted by Crippen LogP contribution is 2.30.